The minimum absolute atomic E-state index is 0.132. The van der Waals surface area contributed by atoms with Gasteiger partial charge in [-0.3, -0.25) is 4.79 Å². The molecule has 0 saturated carbocycles. The molecule has 0 spiro atoms. The van der Waals surface area contributed by atoms with Gasteiger partial charge in [0.2, 0.25) is 0 Å². The predicted octanol–water partition coefficient (Wildman–Crippen LogP) is 2.49. The molecule has 1 unspecified atom stereocenters. The maximum atomic E-state index is 12.1. The molecule has 1 atom stereocenters. The zero-order valence-corrected chi connectivity index (χ0v) is 9.79. The number of amides is 1. The first-order valence-electron chi connectivity index (χ1n) is 5.41. The lowest BCUT2D eigenvalue weighted by Gasteiger charge is -2.12. The van der Waals surface area contributed by atoms with Crippen molar-refractivity contribution in [1.29, 1.82) is 0 Å². The van der Waals surface area contributed by atoms with Gasteiger partial charge in [0.25, 0.3) is 5.91 Å². The SMILES string of the molecule is CC(O)=CC1C(=O)N(c2ccccc2)N=C1C. The van der Waals surface area contributed by atoms with Crippen molar-refractivity contribution in [2.24, 2.45) is 11.0 Å². The molecule has 1 aromatic carbocycles. The Balaban J connectivity index is 2.31. The fourth-order valence-electron chi connectivity index (χ4n) is 1.77. The van der Waals surface area contributed by atoms with Crippen molar-refractivity contribution in [2.75, 3.05) is 5.01 Å². The summed E-state index contributed by atoms with van der Waals surface area (Å²) in [5.41, 5.74) is 1.43. The Morgan fingerprint density at radius 2 is 2.06 bits per heavy atom. The molecule has 0 fully saturated rings. The van der Waals surface area contributed by atoms with Crippen LogP contribution in [0.2, 0.25) is 0 Å². The molecule has 0 aliphatic carbocycles. The Morgan fingerprint density at radius 1 is 1.41 bits per heavy atom. The lowest BCUT2D eigenvalue weighted by atomic mass is 10.0. The number of para-hydroxylation sites is 1. The first-order valence-corrected chi connectivity index (χ1v) is 5.41. The number of hydrogen-bond donors (Lipinski definition) is 1. The molecule has 2 rings (SSSR count). The molecule has 0 radical (unpaired) electrons. The highest BCUT2D eigenvalue weighted by molar-refractivity contribution is 6.16. The lowest BCUT2D eigenvalue weighted by molar-refractivity contribution is -0.118. The molecule has 4 nitrogen and oxygen atoms in total. The minimum Gasteiger partial charge on any atom is -0.513 e. The smallest absolute Gasteiger partial charge is 0.260 e. The number of carbonyl (C=O) groups is 1. The fourth-order valence-corrected chi connectivity index (χ4v) is 1.77. The number of aliphatic hydroxyl groups is 1. The summed E-state index contributed by atoms with van der Waals surface area (Å²) >= 11 is 0. The molecular weight excluding hydrogens is 216 g/mol. The Kier molecular flexibility index (Phi) is 2.95. The van der Waals surface area contributed by atoms with Gasteiger partial charge in [0.05, 0.1) is 17.2 Å². The summed E-state index contributed by atoms with van der Waals surface area (Å²) in [6.45, 7) is 3.33. The van der Waals surface area contributed by atoms with Crippen LogP contribution in [0.1, 0.15) is 13.8 Å². The van der Waals surface area contributed by atoms with Crippen LogP contribution >= 0.6 is 0 Å². The average Bonchev–Trinajstić information content (AvgIpc) is 2.58. The standard InChI is InChI=1S/C13H14N2O2/c1-9(16)8-12-10(2)14-15(13(12)17)11-6-4-3-5-7-11/h3-8,12,16H,1-2H3. The summed E-state index contributed by atoms with van der Waals surface area (Å²) in [6.07, 6.45) is 1.52. The van der Waals surface area contributed by atoms with Gasteiger partial charge >= 0.3 is 0 Å². The third kappa shape index (κ3) is 2.20. The highest BCUT2D eigenvalue weighted by atomic mass is 16.3. The Morgan fingerprint density at radius 3 is 2.65 bits per heavy atom. The van der Waals surface area contributed by atoms with E-state index in [2.05, 4.69) is 5.10 Å². The summed E-state index contributed by atoms with van der Waals surface area (Å²) in [6, 6.07) is 9.25. The number of carbonyl (C=O) groups excluding carboxylic acids is 1. The number of hydrazone groups is 1. The summed E-state index contributed by atoms with van der Waals surface area (Å²) in [4.78, 5) is 12.1. The number of benzene rings is 1. The van der Waals surface area contributed by atoms with Crippen molar-refractivity contribution in [1.82, 2.24) is 0 Å². The highest BCUT2D eigenvalue weighted by Gasteiger charge is 2.32. The molecule has 1 aliphatic rings. The number of hydrogen-bond acceptors (Lipinski definition) is 3. The van der Waals surface area contributed by atoms with Crippen LogP contribution in [-0.4, -0.2) is 16.7 Å². The molecule has 1 aromatic rings. The molecule has 1 aliphatic heterocycles. The van der Waals surface area contributed by atoms with E-state index in [-0.39, 0.29) is 11.7 Å². The van der Waals surface area contributed by atoms with Crippen LogP contribution in [-0.2, 0) is 4.79 Å². The largest absolute Gasteiger partial charge is 0.513 e. The maximum absolute atomic E-state index is 12.1. The first kappa shape index (κ1) is 11.4. The Labute approximate surface area is 99.9 Å². The molecular formula is C13H14N2O2. The van der Waals surface area contributed by atoms with Gasteiger partial charge in [-0.15, -0.1) is 0 Å². The van der Waals surface area contributed by atoms with Crippen molar-refractivity contribution < 1.29 is 9.90 Å². The molecule has 0 saturated heterocycles. The maximum Gasteiger partial charge on any atom is 0.260 e. The van der Waals surface area contributed by atoms with Gasteiger partial charge in [0.1, 0.15) is 5.92 Å². The van der Waals surface area contributed by atoms with E-state index in [1.807, 2.05) is 30.3 Å². The van der Waals surface area contributed by atoms with Crippen molar-refractivity contribution >= 4 is 17.3 Å². The molecule has 1 amide bonds. The van der Waals surface area contributed by atoms with E-state index in [1.54, 1.807) is 13.8 Å². The van der Waals surface area contributed by atoms with Gasteiger partial charge < -0.3 is 5.11 Å². The Bertz CT molecular complexity index is 487. The molecule has 88 valence electrons. The second-order valence-corrected chi connectivity index (χ2v) is 4.01. The molecule has 17 heavy (non-hydrogen) atoms. The predicted molar refractivity (Wildman–Crippen MR) is 66.9 cm³/mol. The van der Waals surface area contributed by atoms with Crippen LogP contribution < -0.4 is 5.01 Å². The average molecular weight is 230 g/mol. The molecule has 1 N–H and O–H groups in total. The van der Waals surface area contributed by atoms with E-state index in [0.29, 0.717) is 5.71 Å². The molecule has 0 aromatic heterocycles. The first-order chi connectivity index (χ1) is 8.09. The quantitative estimate of drug-likeness (QED) is 0.793. The van der Waals surface area contributed by atoms with Crippen LogP contribution in [0.15, 0.2) is 47.3 Å². The van der Waals surface area contributed by atoms with Crippen molar-refractivity contribution in [3.63, 3.8) is 0 Å². The van der Waals surface area contributed by atoms with Crippen molar-refractivity contribution in [3.8, 4) is 0 Å². The van der Waals surface area contributed by atoms with Crippen LogP contribution in [0, 0.1) is 5.92 Å². The van der Waals surface area contributed by atoms with Gasteiger partial charge in [0, 0.05) is 0 Å². The molecule has 4 heteroatoms. The lowest BCUT2D eigenvalue weighted by Crippen LogP contribution is -2.26. The van der Waals surface area contributed by atoms with E-state index in [1.165, 1.54) is 11.1 Å². The summed E-state index contributed by atoms with van der Waals surface area (Å²) in [5.74, 6) is -0.463. The number of allylic oxidation sites excluding steroid dienone is 1. The van der Waals surface area contributed by atoms with E-state index in [9.17, 15) is 9.90 Å². The van der Waals surface area contributed by atoms with E-state index >= 15 is 0 Å². The normalized spacial score (nSPS) is 20.7. The third-order valence-corrected chi connectivity index (χ3v) is 2.59. The van der Waals surface area contributed by atoms with E-state index in [0.717, 1.165) is 5.69 Å². The van der Waals surface area contributed by atoms with Crippen LogP contribution in [0.25, 0.3) is 0 Å². The summed E-state index contributed by atoms with van der Waals surface area (Å²) in [5, 5.41) is 14.8. The number of aliphatic hydroxyl groups excluding tert-OH is 1. The van der Waals surface area contributed by atoms with Gasteiger partial charge in [-0.2, -0.15) is 10.1 Å². The third-order valence-electron chi connectivity index (χ3n) is 2.59. The van der Waals surface area contributed by atoms with Gasteiger partial charge in [-0.05, 0) is 32.1 Å². The number of anilines is 1. The van der Waals surface area contributed by atoms with Crippen molar-refractivity contribution in [2.45, 2.75) is 13.8 Å². The fraction of sp³-hybridized carbons (Fsp3) is 0.231. The topological polar surface area (TPSA) is 52.9 Å². The monoisotopic (exact) mass is 230 g/mol. The second kappa shape index (κ2) is 4.41. The Hall–Kier alpha value is -2.10. The van der Waals surface area contributed by atoms with Gasteiger partial charge in [-0.1, -0.05) is 18.2 Å². The van der Waals surface area contributed by atoms with Gasteiger partial charge in [-0.25, -0.2) is 0 Å². The zero-order chi connectivity index (χ0) is 12.4. The van der Waals surface area contributed by atoms with E-state index in [4.69, 9.17) is 0 Å². The van der Waals surface area contributed by atoms with Crippen molar-refractivity contribution in [3.05, 3.63) is 42.2 Å². The minimum atomic E-state index is -0.458. The number of rotatable bonds is 2. The van der Waals surface area contributed by atoms with Crippen LogP contribution in [0.5, 0.6) is 0 Å². The molecule has 0 bridgehead atoms. The summed E-state index contributed by atoms with van der Waals surface area (Å²) in [7, 11) is 0. The van der Waals surface area contributed by atoms with E-state index < -0.39 is 5.92 Å². The molecule has 1 heterocycles. The van der Waals surface area contributed by atoms with Crippen LogP contribution in [0.3, 0.4) is 0 Å². The summed E-state index contributed by atoms with van der Waals surface area (Å²) < 4.78 is 0. The van der Waals surface area contributed by atoms with Crippen LogP contribution in [0.4, 0.5) is 5.69 Å². The number of nitrogens with zero attached hydrogens (tertiary/aromatic N) is 2. The second-order valence-electron chi connectivity index (χ2n) is 4.01. The zero-order valence-electron chi connectivity index (χ0n) is 9.79. The highest BCUT2D eigenvalue weighted by Crippen LogP contribution is 2.24. The van der Waals surface area contributed by atoms with Gasteiger partial charge in [0.15, 0.2) is 0 Å².